The van der Waals surface area contributed by atoms with Crippen LogP contribution in [-0.4, -0.2) is 30.3 Å². The first kappa shape index (κ1) is 13.4. The minimum absolute atomic E-state index is 0.0826. The van der Waals surface area contributed by atoms with Crippen molar-refractivity contribution < 1.29 is 14.6 Å². The van der Waals surface area contributed by atoms with Crippen molar-refractivity contribution in [1.29, 1.82) is 0 Å². The quantitative estimate of drug-likeness (QED) is 0.597. The van der Waals surface area contributed by atoms with Gasteiger partial charge in [-0.05, 0) is 18.8 Å². The van der Waals surface area contributed by atoms with Crippen LogP contribution in [-0.2, 0) is 9.53 Å². The van der Waals surface area contributed by atoms with Gasteiger partial charge in [0.1, 0.15) is 6.04 Å². The Hall–Kier alpha value is -0.610. The van der Waals surface area contributed by atoms with Gasteiger partial charge in [-0.2, -0.15) is 0 Å². The zero-order valence-corrected chi connectivity index (χ0v) is 9.03. The van der Waals surface area contributed by atoms with Crippen LogP contribution in [0.15, 0.2) is 0 Å². The van der Waals surface area contributed by atoms with Crippen LogP contribution in [0.1, 0.15) is 33.1 Å². The molecule has 0 amide bonds. The molecule has 0 fully saturated rings. The first-order chi connectivity index (χ1) is 6.61. The Morgan fingerprint density at radius 2 is 2.14 bits per heavy atom. The van der Waals surface area contributed by atoms with Gasteiger partial charge in [-0.1, -0.05) is 20.3 Å². The van der Waals surface area contributed by atoms with E-state index in [-0.39, 0.29) is 13.0 Å². The summed E-state index contributed by atoms with van der Waals surface area (Å²) in [6, 6.07) is -0.686. The van der Waals surface area contributed by atoms with Gasteiger partial charge >= 0.3 is 5.97 Å². The van der Waals surface area contributed by atoms with Crippen LogP contribution in [0.3, 0.4) is 0 Å². The highest BCUT2D eigenvalue weighted by molar-refractivity contribution is 5.75. The van der Waals surface area contributed by atoms with E-state index >= 15 is 0 Å². The zero-order chi connectivity index (χ0) is 11.0. The molecular weight excluding hydrogens is 182 g/mol. The number of nitrogens with two attached hydrogens (primary N) is 1. The highest BCUT2D eigenvalue weighted by atomic mass is 16.5. The van der Waals surface area contributed by atoms with Crippen molar-refractivity contribution in [2.45, 2.75) is 39.2 Å². The molecular formula is C10H21NO3. The van der Waals surface area contributed by atoms with Gasteiger partial charge in [0, 0.05) is 6.61 Å². The minimum Gasteiger partial charge on any atom is -0.464 e. The topological polar surface area (TPSA) is 72.5 Å². The highest BCUT2D eigenvalue weighted by Crippen LogP contribution is 2.05. The number of carbonyl (C=O) groups excluding carboxylic acids is 1. The second kappa shape index (κ2) is 7.76. The van der Waals surface area contributed by atoms with E-state index in [1.165, 1.54) is 0 Å². The molecule has 3 N–H and O–H groups in total. The smallest absolute Gasteiger partial charge is 0.323 e. The molecule has 1 unspecified atom stereocenters. The molecule has 84 valence electrons. The van der Waals surface area contributed by atoms with Gasteiger partial charge in [0.2, 0.25) is 0 Å². The highest BCUT2D eigenvalue weighted by Gasteiger charge is 2.15. The van der Waals surface area contributed by atoms with Gasteiger partial charge in [0.15, 0.2) is 0 Å². The number of esters is 1. The fraction of sp³-hybridized carbons (Fsp3) is 0.900. The van der Waals surface area contributed by atoms with E-state index in [1.807, 2.05) is 6.92 Å². The molecule has 0 saturated heterocycles. The van der Waals surface area contributed by atoms with Crippen LogP contribution in [0.2, 0.25) is 0 Å². The van der Waals surface area contributed by atoms with Crippen molar-refractivity contribution in [2.75, 3.05) is 13.2 Å². The predicted molar refractivity (Wildman–Crippen MR) is 54.7 cm³/mol. The average molecular weight is 203 g/mol. The van der Waals surface area contributed by atoms with Gasteiger partial charge in [0.05, 0.1) is 6.61 Å². The molecule has 0 spiro atoms. The third-order valence-electron chi connectivity index (χ3n) is 2.03. The van der Waals surface area contributed by atoms with Gasteiger partial charge in [-0.3, -0.25) is 4.79 Å². The summed E-state index contributed by atoms with van der Waals surface area (Å²) in [5.41, 5.74) is 5.45. The summed E-state index contributed by atoms with van der Waals surface area (Å²) in [7, 11) is 0. The lowest BCUT2D eigenvalue weighted by molar-refractivity contribution is -0.146. The van der Waals surface area contributed by atoms with Crippen LogP contribution >= 0.6 is 0 Å². The van der Waals surface area contributed by atoms with Crippen molar-refractivity contribution in [3.8, 4) is 0 Å². The molecule has 4 heteroatoms. The van der Waals surface area contributed by atoms with Crippen molar-refractivity contribution in [1.82, 2.24) is 0 Å². The summed E-state index contributed by atoms with van der Waals surface area (Å²) < 4.78 is 5.00. The number of aliphatic hydroxyl groups is 1. The molecule has 14 heavy (non-hydrogen) atoms. The van der Waals surface area contributed by atoms with Gasteiger partial charge < -0.3 is 15.6 Å². The third kappa shape index (κ3) is 5.94. The van der Waals surface area contributed by atoms with E-state index in [4.69, 9.17) is 15.6 Å². The summed E-state index contributed by atoms with van der Waals surface area (Å²) in [6.07, 6.45) is 2.39. The molecule has 0 aromatic carbocycles. The predicted octanol–water partition coefficient (Wildman–Crippen LogP) is 0.676. The molecule has 2 atom stereocenters. The van der Waals surface area contributed by atoms with Crippen LogP contribution in [0, 0.1) is 5.92 Å². The molecule has 0 aromatic rings. The number of ether oxygens (including phenoxy) is 1. The van der Waals surface area contributed by atoms with E-state index in [9.17, 15) is 4.79 Å². The van der Waals surface area contributed by atoms with E-state index in [2.05, 4.69) is 6.92 Å². The second-order valence-corrected chi connectivity index (χ2v) is 3.64. The lowest BCUT2D eigenvalue weighted by Gasteiger charge is -2.13. The Bertz CT molecular complexity index is 161. The average Bonchev–Trinajstić information content (AvgIpc) is 2.15. The Morgan fingerprint density at radius 1 is 1.50 bits per heavy atom. The first-order valence-electron chi connectivity index (χ1n) is 5.14. The van der Waals surface area contributed by atoms with E-state index in [0.29, 0.717) is 12.5 Å². The molecule has 0 saturated carbocycles. The molecule has 0 aromatic heterocycles. The van der Waals surface area contributed by atoms with Crippen molar-refractivity contribution in [3.05, 3.63) is 0 Å². The molecule has 0 heterocycles. The summed E-state index contributed by atoms with van der Waals surface area (Å²) >= 11 is 0. The largest absolute Gasteiger partial charge is 0.464 e. The monoisotopic (exact) mass is 203 g/mol. The van der Waals surface area contributed by atoms with E-state index in [0.717, 1.165) is 12.8 Å². The Kier molecular flexibility index (Phi) is 7.42. The number of hydrogen-bond acceptors (Lipinski definition) is 4. The second-order valence-electron chi connectivity index (χ2n) is 3.64. The number of carbonyl (C=O) groups is 1. The number of rotatable bonds is 7. The first-order valence-corrected chi connectivity index (χ1v) is 5.14. The molecule has 0 rings (SSSR count). The summed E-state index contributed by atoms with van der Waals surface area (Å²) in [6.45, 7) is 4.47. The summed E-state index contributed by atoms with van der Waals surface area (Å²) in [5, 5.41) is 8.56. The standard InChI is InChI=1S/C10H21NO3/c1-3-4-8(2)7-14-10(13)9(11)5-6-12/h8-9,12H,3-7,11H2,1-2H3/t8?,9-/m0/s1. The molecule has 0 radical (unpaired) electrons. The molecule has 0 aliphatic heterocycles. The van der Waals surface area contributed by atoms with E-state index in [1.54, 1.807) is 0 Å². The lowest BCUT2D eigenvalue weighted by Crippen LogP contribution is -2.34. The molecule has 4 nitrogen and oxygen atoms in total. The maximum Gasteiger partial charge on any atom is 0.323 e. The van der Waals surface area contributed by atoms with Crippen LogP contribution in [0.25, 0.3) is 0 Å². The van der Waals surface area contributed by atoms with Crippen LogP contribution in [0.4, 0.5) is 0 Å². The zero-order valence-electron chi connectivity index (χ0n) is 9.03. The molecule has 0 aliphatic rings. The maximum absolute atomic E-state index is 11.2. The maximum atomic E-state index is 11.2. The summed E-state index contributed by atoms with van der Waals surface area (Å²) in [5.74, 6) is -0.0349. The fourth-order valence-electron chi connectivity index (χ4n) is 1.16. The Balaban J connectivity index is 3.61. The van der Waals surface area contributed by atoms with Crippen molar-refractivity contribution >= 4 is 5.97 Å². The fourth-order valence-corrected chi connectivity index (χ4v) is 1.16. The lowest BCUT2D eigenvalue weighted by atomic mass is 10.1. The van der Waals surface area contributed by atoms with Crippen LogP contribution < -0.4 is 5.73 Å². The normalized spacial score (nSPS) is 14.9. The Morgan fingerprint density at radius 3 is 2.64 bits per heavy atom. The van der Waals surface area contributed by atoms with Gasteiger partial charge in [-0.25, -0.2) is 0 Å². The summed E-state index contributed by atoms with van der Waals surface area (Å²) in [4.78, 5) is 11.2. The van der Waals surface area contributed by atoms with Crippen molar-refractivity contribution in [3.63, 3.8) is 0 Å². The molecule has 0 bridgehead atoms. The van der Waals surface area contributed by atoms with Gasteiger partial charge in [-0.15, -0.1) is 0 Å². The molecule has 0 aliphatic carbocycles. The van der Waals surface area contributed by atoms with Crippen molar-refractivity contribution in [2.24, 2.45) is 11.7 Å². The Labute approximate surface area is 85.4 Å². The van der Waals surface area contributed by atoms with Crippen LogP contribution in [0.5, 0.6) is 0 Å². The number of hydrogen-bond donors (Lipinski definition) is 2. The van der Waals surface area contributed by atoms with E-state index < -0.39 is 12.0 Å². The third-order valence-corrected chi connectivity index (χ3v) is 2.03. The number of aliphatic hydroxyl groups excluding tert-OH is 1. The minimum atomic E-state index is -0.686. The SMILES string of the molecule is CCCC(C)COC(=O)[C@@H](N)CCO. The van der Waals surface area contributed by atoms with Gasteiger partial charge in [0.25, 0.3) is 0 Å².